The van der Waals surface area contributed by atoms with Gasteiger partial charge in [0, 0.05) is 12.5 Å². The molecule has 0 amide bonds. The molecule has 1 aromatic heterocycles. The molecule has 1 aliphatic heterocycles. The number of sulfonamides is 1. The zero-order valence-electron chi connectivity index (χ0n) is 18.7. The number of ether oxygens (including phenoxy) is 2. The minimum atomic E-state index is -4.15. The fourth-order valence-corrected chi connectivity index (χ4v) is 5.14. The van der Waals surface area contributed by atoms with E-state index in [1.54, 1.807) is 37.3 Å². The molecule has 2 heterocycles. The lowest BCUT2D eigenvalue weighted by Crippen LogP contribution is -2.37. The quantitative estimate of drug-likeness (QED) is 0.470. The number of aliphatic hydroxyl groups excluding tert-OH is 1. The number of anilines is 1. The lowest BCUT2D eigenvalue weighted by atomic mass is 10.1. The zero-order valence-corrected chi connectivity index (χ0v) is 19.5. The molecule has 1 aliphatic rings. The average molecular weight is 488 g/mol. The molecule has 180 valence electrons. The van der Waals surface area contributed by atoms with Crippen LogP contribution in [0.3, 0.4) is 0 Å². The molecule has 1 unspecified atom stereocenters. The van der Waals surface area contributed by atoms with Gasteiger partial charge in [-0.3, -0.25) is 4.31 Å². The van der Waals surface area contributed by atoms with Gasteiger partial charge in [-0.25, -0.2) is 4.79 Å². The maximum Gasteiger partial charge on any atom is 0.335 e. The number of aryl methyl sites for hydroxylation is 1. The number of benzene rings is 2. The van der Waals surface area contributed by atoms with Crippen LogP contribution in [0.2, 0.25) is 0 Å². The van der Waals surface area contributed by atoms with Crippen LogP contribution in [0.25, 0.3) is 0 Å². The summed E-state index contributed by atoms with van der Waals surface area (Å²) >= 11 is 0. The highest BCUT2D eigenvalue weighted by atomic mass is 32.2. The molecule has 0 bridgehead atoms. The van der Waals surface area contributed by atoms with Crippen molar-refractivity contribution in [1.82, 2.24) is 0 Å². The van der Waals surface area contributed by atoms with Gasteiger partial charge in [0.2, 0.25) is 5.09 Å². The predicted molar refractivity (Wildman–Crippen MR) is 123 cm³/mol. The van der Waals surface area contributed by atoms with Gasteiger partial charge in [-0.15, -0.1) is 0 Å². The van der Waals surface area contributed by atoms with Gasteiger partial charge >= 0.3 is 5.97 Å². The fourth-order valence-electron chi connectivity index (χ4n) is 3.63. The van der Waals surface area contributed by atoms with E-state index >= 15 is 0 Å². The van der Waals surface area contributed by atoms with Crippen LogP contribution >= 0.6 is 0 Å². The average Bonchev–Trinajstić information content (AvgIpc) is 3.44. The summed E-state index contributed by atoms with van der Waals surface area (Å²) in [6.07, 6.45) is -0.353. The summed E-state index contributed by atoms with van der Waals surface area (Å²) in [5, 5.41) is 19.0. The smallest absolute Gasteiger partial charge is 0.335 e. The second-order valence-corrected chi connectivity index (χ2v) is 9.86. The second kappa shape index (κ2) is 9.40. The summed E-state index contributed by atoms with van der Waals surface area (Å²) in [6, 6.07) is 12.5. The van der Waals surface area contributed by atoms with Crippen LogP contribution in [0.15, 0.2) is 58.0 Å². The number of carboxylic acid groups (broad SMARTS) is 1. The highest BCUT2D eigenvalue weighted by Crippen LogP contribution is 2.41. The van der Waals surface area contributed by atoms with Gasteiger partial charge in [0.05, 0.1) is 30.5 Å². The number of rotatable bonds is 9. The minimum absolute atomic E-state index is 0.0636. The number of aliphatic hydroxyl groups is 1. The molecule has 4 rings (SSSR count). The number of nitrogens with zero attached hydrogens (tertiary/aromatic N) is 1. The Morgan fingerprint density at radius 2 is 1.91 bits per heavy atom. The summed E-state index contributed by atoms with van der Waals surface area (Å²) in [4.78, 5) is 11.1. The molecule has 2 N–H and O–H groups in total. The van der Waals surface area contributed by atoms with Crippen molar-refractivity contribution in [3.63, 3.8) is 0 Å². The first-order valence-electron chi connectivity index (χ1n) is 10.7. The molecule has 0 spiro atoms. The van der Waals surface area contributed by atoms with Gasteiger partial charge in [-0.1, -0.05) is 12.1 Å². The Kier molecular flexibility index (Phi) is 6.54. The van der Waals surface area contributed by atoms with E-state index in [1.807, 2.05) is 0 Å². The van der Waals surface area contributed by atoms with E-state index in [1.165, 1.54) is 25.1 Å². The van der Waals surface area contributed by atoms with Crippen molar-refractivity contribution >= 4 is 21.7 Å². The standard InChI is InChI=1S/C24H25NO8S/c1-15(26)13-25(34(29,30)23-8-3-16(2)33-23)20-11-19-9-10-31-21(19)12-22(20)32-14-17-4-6-18(7-5-17)24(27)28/h3-8,11-12,15,26H,9-10,13-14H2,1-2H3,(H,27,28). The van der Waals surface area contributed by atoms with Crippen molar-refractivity contribution in [1.29, 1.82) is 0 Å². The van der Waals surface area contributed by atoms with E-state index < -0.39 is 22.1 Å². The molecule has 3 aromatic rings. The Morgan fingerprint density at radius 3 is 2.53 bits per heavy atom. The van der Waals surface area contributed by atoms with E-state index in [2.05, 4.69) is 0 Å². The number of hydrogen-bond acceptors (Lipinski definition) is 7. The van der Waals surface area contributed by atoms with E-state index in [0.717, 1.165) is 9.87 Å². The third-order valence-corrected chi connectivity index (χ3v) is 6.98. The Hall–Kier alpha value is -3.50. The molecular formula is C24H25NO8S. The van der Waals surface area contributed by atoms with Crippen LogP contribution in [-0.4, -0.2) is 43.9 Å². The van der Waals surface area contributed by atoms with Crippen molar-refractivity contribution in [2.24, 2.45) is 0 Å². The highest BCUT2D eigenvalue weighted by molar-refractivity contribution is 7.92. The van der Waals surface area contributed by atoms with Gasteiger partial charge in [0.1, 0.15) is 23.9 Å². The van der Waals surface area contributed by atoms with Gasteiger partial charge in [0.15, 0.2) is 0 Å². The molecule has 0 aliphatic carbocycles. The first-order valence-corrected chi connectivity index (χ1v) is 12.1. The molecule has 1 atom stereocenters. The first-order chi connectivity index (χ1) is 16.1. The largest absolute Gasteiger partial charge is 0.493 e. The van der Waals surface area contributed by atoms with Crippen LogP contribution in [-0.2, 0) is 23.1 Å². The molecule has 0 fully saturated rings. The number of carboxylic acids is 1. The van der Waals surface area contributed by atoms with Crippen LogP contribution < -0.4 is 13.8 Å². The fraction of sp³-hybridized carbons (Fsp3) is 0.292. The molecule has 0 saturated heterocycles. The minimum Gasteiger partial charge on any atom is -0.493 e. The molecule has 2 aromatic carbocycles. The van der Waals surface area contributed by atoms with Crippen molar-refractivity contribution < 1.29 is 37.3 Å². The summed E-state index contributed by atoms with van der Waals surface area (Å²) in [6.45, 7) is 3.46. The van der Waals surface area contributed by atoms with E-state index in [-0.39, 0.29) is 35.2 Å². The van der Waals surface area contributed by atoms with Gasteiger partial charge in [0.25, 0.3) is 10.0 Å². The maximum atomic E-state index is 13.5. The number of hydrogen-bond donors (Lipinski definition) is 2. The summed E-state index contributed by atoms with van der Waals surface area (Å²) in [5.74, 6) is 0.260. The SMILES string of the molecule is Cc1ccc(S(=O)(=O)N(CC(C)O)c2cc3c(cc2OCc2ccc(C(=O)O)cc2)OCC3)o1. The molecule has 0 radical (unpaired) electrons. The third-order valence-electron chi connectivity index (χ3n) is 5.33. The van der Waals surface area contributed by atoms with E-state index in [0.29, 0.717) is 30.1 Å². The molecule has 10 heteroatoms. The van der Waals surface area contributed by atoms with Crippen LogP contribution in [0, 0.1) is 6.92 Å². The summed E-state index contributed by atoms with van der Waals surface area (Å²) in [7, 11) is -4.15. The zero-order chi connectivity index (χ0) is 24.5. The number of fused-ring (bicyclic) bond motifs is 1. The summed E-state index contributed by atoms with van der Waals surface area (Å²) < 4.78 is 45.1. The molecule has 9 nitrogen and oxygen atoms in total. The Labute approximate surface area is 197 Å². The lowest BCUT2D eigenvalue weighted by Gasteiger charge is -2.27. The Morgan fingerprint density at radius 1 is 1.18 bits per heavy atom. The molecule has 0 saturated carbocycles. The number of aromatic carboxylic acids is 1. The van der Waals surface area contributed by atoms with Gasteiger partial charge in [-0.2, -0.15) is 8.42 Å². The topological polar surface area (TPSA) is 127 Å². The first kappa shape index (κ1) is 23.7. The normalized spacial score (nSPS) is 13.7. The number of carbonyl (C=O) groups is 1. The van der Waals surface area contributed by atoms with Crippen molar-refractivity contribution in [3.8, 4) is 11.5 Å². The van der Waals surface area contributed by atoms with Crippen LogP contribution in [0.5, 0.6) is 11.5 Å². The van der Waals surface area contributed by atoms with E-state index in [4.69, 9.17) is 19.0 Å². The Balaban J connectivity index is 1.73. The van der Waals surface area contributed by atoms with Crippen molar-refractivity contribution in [2.45, 2.75) is 38.1 Å². The number of furan rings is 1. The summed E-state index contributed by atoms with van der Waals surface area (Å²) in [5.41, 5.74) is 1.93. The Bertz CT molecular complexity index is 1300. The lowest BCUT2D eigenvalue weighted by molar-refractivity contribution is 0.0696. The van der Waals surface area contributed by atoms with Gasteiger partial charge < -0.3 is 24.1 Å². The maximum absolute atomic E-state index is 13.5. The molecule has 34 heavy (non-hydrogen) atoms. The van der Waals surface area contributed by atoms with Crippen molar-refractivity contribution in [2.75, 3.05) is 17.5 Å². The predicted octanol–water partition coefficient (Wildman–Crippen LogP) is 3.38. The van der Waals surface area contributed by atoms with E-state index in [9.17, 15) is 18.3 Å². The third kappa shape index (κ3) is 4.87. The second-order valence-electron chi connectivity index (χ2n) is 8.07. The monoisotopic (exact) mass is 487 g/mol. The molecular weight excluding hydrogens is 462 g/mol. The highest BCUT2D eigenvalue weighted by Gasteiger charge is 2.32. The van der Waals surface area contributed by atoms with Crippen molar-refractivity contribution in [3.05, 3.63) is 71.0 Å². The van der Waals surface area contributed by atoms with Gasteiger partial charge in [-0.05, 0) is 55.3 Å². The van der Waals surface area contributed by atoms with Crippen LogP contribution in [0.1, 0.15) is 34.2 Å². The van der Waals surface area contributed by atoms with Crippen LogP contribution in [0.4, 0.5) is 5.69 Å².